The minimum absolute atomic E-state index is 0.0689. The molecule has 0 radical (unpaired) electrons. The van der Waals surface area contributed by atoms with E-state index in [9.17, 15) is 4.79 Å². The molecule has 0 aromatic carbocycles. The van der Waals surface area contributed by atoms with Gasteiger partial charge in [-0.25, -0.2) is 0 Å². The molecule has 2 rings (SSSR count). The highest BCUT2D eigenvalue weighted by molar-refractivity contribution is 7.20. The molecule has 1 saturated heterocycles. The number of Topliss-reactive ketones (excluding diaryl/α,β-unsaturated/α-hetero) is 1. The van der Waals surface area contributed by atoms with Crippen molar-refractivity contribution in [2.45, 2.75) is 13.8 Å². The van der Waals surface area contributed by atoms with Crippen LogP contribution in [0.1, 0.15) is 24.2 Å². The third kappa shape index (κ3) is 3.02. The summed E-state index contributed by atoms with van der Waals surface area (Å²) >= 11 is 13.1. The molecule has 0 aliphatic carbocycles. The average molecular weight is 292 g/mol. The first-order chi connectivity index (χ1) is 7.97. The zero-order chi connectivity index (χ0) is 12.6. The van der Waals surface area contributed by atoms with Crippen LogP contribution >= 0.6 is 34.5 Å². The Morgan fingerprint density at radius 1 is 1.41 bits per heavy atom. The third-order valence-electron chi connectivity index (χ3n) is 3.39. The SMILES string of the molecule is CC1CN(CC(=O)c2cc(Cl)sc2Cl)CC1C. The van der Waals surface area contributed by atoms with Crippen LogP contribution in [-0.2, 0) is 0 Å². The van der Waals surface area contributed by atoms with Gasteiger partial charge >= 0.3 is 0 Å². The maximum Gasteiger partial charge on any atom is 0.179 e. The Kier molecular flexibility index (Phi) is 4.14. The molecule has 0 amide bonds. The highest BCUT2D eigenvalue weighted by Gasteiger charge is 2.28. The van der Waals surface area contributed by atoms with Crippen molar-refractivity contribution in [2.24, 2.45) is 11.8 Å². The second kappa shape index (κ2) is 5.27. The molecule has 5 heteroatoms. The second-order valence-corrected chi connectivity index (χ2v) is 7.10. The van der Waals surface area contributed by atoms with Gasteiger partial charge in [0.25, 0.3) is 0 Å². The number of likely N-dealkylation sites (tertiary alicyclic amines) is 1. The van der Waals surface area contributed by atoms with Crippen molar-refractivity contribution in [1.29, 1.82) is 0 Å². The zero-order valence-electron chi connectivity index (χ0n) is 9.87. The fourth-order valence-electron chi connectivity index (χ4n) is 2.20. The van der Waals surface area contributed by atoms with E-state index in [1.807, 2.05) is 0 Å². The number of carbonyl (C=O) groups excluding carboxylic acids is 1. The molecule has 94 valence electrons. The molecule has 1 aromatic heterocycles. The lowest BCUT2D eigenvalue weighted by Crippen LogP contribution is -2.27. The summed E-state index contributed by atoms with van der Waals surface area (Å²) in [5.41, 5.74) is 0.564. The number of hydrogen-bond acceptors (Lipinski definition) is 3. The number of thiophene rings is 1. The first kappa shape index (κ1) is 13.3. The van der Waals surface area contributed by atoms with E-state index in [1.165, 1.54) is 11.3 Å². The van der Waals surface area contributed by atoms with Gasteiger partial charge in [0, 0.05) is 13.1 Å². The van der Waals surface area contributed by atoms with Crippen molar-refractivity contribution in [3.05, 3.63) is 20.3 Å². The van der Waals surface area contributed by atoms with E-state index in [1.54, 1.807) is 6.07 Å². The largest absolute Gasteiger partial charge is 0.295 e. The maximum absolute atomic E-state index is 12.1. The predicted octanol–water partition coefficient (Wildman–Crippen LogP) is 3.83. The van der Waals surface area contributed by atoms with E-state index < -0.39 is 0 Å². The van der Waals surface area contributed by atoms with Gasteiger partial charge in [0.05, 0.1) is 16.4 Å². The first-order valence-corrected chi connectivity index (χ1v) is 7.25. The Hall–Kier alpha value is -0.0900. The fraction of sp³-hybridized carbons (Fsp3) is 0.583. The molecular formula is C12H15Cl2NOS. The van der Waals surface area contributed by atoms with Crippen LogP contribution in [0.3, 0.4) is 0 Å². The Morgan fingerprint density at radius 3 is 2.47 bits per heavy atom. The van der Waals surface area contributed by atoms with Gasteiger partial charge in [0.2, 0.25) is 0 Å². The fourth-order valence-corrected chi connectivity index (χ4v) is 3.70. The molecule has 0 N–H and O–H groups in total. The second-order valence-electron chi connectivity index (χ2n) is 4.81. The van der Waals surface area contributed by atoms with Crippen LogP contribution < -0.4 is 0 Å². The Labute approximate surface area is 116 Å². The van der Waals surface area contributed by atoms with E-state index >= 15 is 0 Å². The lowest BCUT2D eigenvalue weighted by molar-refractivity contribution is 0.0943. The van der Waals surface area contributed by atoms with Crippen LogP contribution in [0.15, 0.2) is 6.07 Å². The molecule has 2 nitrogen and oxygen atoms in total. The van der Waals surface area contributed by atoms with Crippen molar-refractivity contribution >= 4 is 40.3 Å². The Bertz CT molecular complexity index is 422. The number of rotatable bonds is 3. The summed E-state index contributed by atoms with van der Waals surface area (Å²) in [4.78, 5) is 14.3. The third-order valence-corrected chi connectivity index (χ3v) is 4.88. The highest BCUT2D eigenvalue weighted by Crippen LogP contribution is 2.32. The number of hydrogen-bond donors (Lipinski definition) is 0. The average Bonchev–Trinajstić information content (AvgIpc) is 2.71. The van der Waals surface area contributed by atoms with E-state index in [0.29, 0.717) is 32.6 Å². The summed E-state index contributed by atoms with van der Waals surface area (Å²) < 4.78 is 1.07. The van der Waals surface area contributed by atoms with Crippen LogP contribution in [0.4, 0.5) is 0 Å². The molecule has 0 saturated carbocycles. The van der Waals surface area contributed by atoms with Gasteiger partial charge in [0.1, 0.15) is 4.34 Å². The van der Waals surface area contributed by atoms with Crippen molar-refractivity contribution < 1.29 is 4.79 Å². The van der Waals surface area contributed by atoms with Crippen molar-refractivity contribution in [3.63, 3.8) is 0 Å². The monoisotopic (exact) mass is 291 g/mol. The highest BCUT2D eigenvalue weighted by atomic mass is 35.5. The van der Waals surface area contributed by atoms with Crippen LogP contribution in [0, 0.1) is 11.8 Å². The quantitative estimate of drug-likeness (QED) is 0.789. The molecule has 17 heavy (non-hydrogen) atoms. The van der Waals surface area contributed by atoms with Crippen LogP contribution in [0.5, 0.6) is 0 Å². The molecule has 1 fully saturated rings. The summed E-state index contributed by atoms with van der Waals surface area (Å²) in [6.45, 7) is 6.87. The van der Waals surface area contributed by atoms with E-state index in [2.05, 4.69) is 18.7 Å². The van der Waals surface area contributed by atoms with Crippen molar-refractivity contribution in [1.82, 2.24) is 4.90 Å². The molecule has 0 spiro atoms. The number of nitrogens with zero attached hydrogens (tertiary/aromatic N) is 1. The van der Waals surface area contributed by atoms with E-state index in [0.717, 1.165) is 13.1 Å². The van der Waals surface area contributed by atoms with Gasteiger partial charge < -0.3 is 0 Å². The van der Waals surface area contributed by atoms with Crippen molar-refractivity contribution in [3.8, 4) is 0 Å². The molecule has 1 aromatic rings. The number of carbonyl (C=O) groups is 1. The predicted molar refractivity (Wildman–Crippen MR) is 73.4 cm³/mol. The summed E-state index contributed by atoms with van der Waals surface area (Å²) in [6.07, 6.45) is 0. The standard InChI is InChI=1S/C12H15Cl2NOS/c1-7-4-15(5-8(7)2)6-10(16)9-3-11(13)17-12(9)14/h3,7-8H,4-6H2,1-2H3. The molecule has 2 unspecified atom stereocenters. The summed E-state index contributed by atoms with van der Waals surface area (Å²) in [5, 5.41) is 0. The Morgan fingerprint density at radius 2 is 2.00 bits per heavy atom. The molecule has 2 heterocycles. The lowest BCUT2D eigenvalue weighted by atomic mass is 10.0. The van der Waals surface area contributed by atoms with Crippen LogP contribution in [0.2, 0.25) is 8.67 Å². The summed E-state index contributed by atoms with van der Waals surface area (Å²) in [6, 6.07) is 1.67. The van der Waals surface area contributed by atoms with E-state index in [4.69, 9.17) is 23.2 Å². The molecular weight excluding hydrogens is 277 g/mol. The molecule has 1 aliphatic heterocycles. The Balaban J connectivity index is 2.01. The van der Waals surface area contributed by atoms with Crippen LogP contribution in [-0.4, -0.2) is 30.3 Å². The number of halogens is 2. The van der Waals surface area contributed by atoms with Gasteiger partial charge in [0.15, 0.2) is 5.78 Å². The minimum atomic E-state index is 0.0689. The summed E-state index contributed by atoms with van der Waals surface area (Å²) in [5.74, 6) is 1.38. The van der Waals surface area contributed by atoms with Gasteiger partial charge in [-0.15, -0.1) is 11.3 Å². The minimum Gasteiger partial charge on any atom is -0.295 e. The zero-order valence-corrected chi connectivity index (χ0v) is 12.2. The summed E-state index contributed by atoms with van der Waals surface area (Å²) in [7, 11) is 0. The smallest absolute Gasteiger partial charge is 0.179 e. The van der Waals surface area contributed by atoms with E-state index in [-0.39, 0.29) is 5.78 Å². The van der Waals surface area contributed by atoms with Gasteiger partial charge in [-0.05, 0) is 17.9 Å². The van der Waals surface area contributed by atoms with Gasteiger partial charge in [-0.3, -0.25) is 9.69 Å². The molecule has 2 atom stereocenters. The maximum atomic E-state index is 12.1. The molecule has 1 aliphatic rings. The topological polar surface area (TPSA) is 20.3 Å². The van der Waals surface area contributed by atoms with Gasteiger partial charge in [-0.2, -0.15) is 0 Å². The lowest BCUT2D eigenvalue weighted by Gasteiger charge is -2.13. The van der Waals surface area contributed by atoms with Crippen LogP contribution in [0.25, 0.3) is 0 Å². The molecule has 0 bridgehead atoms. The van der Waals surface area contributed by atoms with Crippen molar-refractivity contribution in [2.75, 3.05) is 19.6 Å². The normalized spacial score (nSPS) is 25.4. The van der Waals surface area contributed by atoms with Gasteiger partial charge in [-0.1, -0.05) is 37.0 Å². The first-order valence-electron chi connectivity index (χ1n) is 5.67. The number of ketones is 1.